The minimum atomic E-state index is -4.72. The number of nitrogens with two attached hydrogens (primary N) is 1. The number of unbranched alkanes of at least 4 members (excludes halogenated alkanes) is 19. The number of phosphoric ester groups is 1. The Hall–Kier alpha value is -2.30. The van der Waals surface area contributed by atoms with Crippen LogP contribution in [0.5, 0.6) is 0 Å². The molecule has 0 aromatic rings. The van der Waals surface area contributed by atoms with Crippen LogP contribution < -0.4 is 5.73 Å². The van der Waals surface area contributed by atoms with Gasteiger partial charge in [-0.3, -0.25) is 23.4 Å². The van der Waals surface area contributed by atoms with Crippen molar-refractivity contribution in [1.29, 1.82) is 0 Å². The summed E-state index contributed by atoms with van der Waals surface area (Å²) >= 11 is 0. The predicted molar refractivity (Wildman–Crippen MR) is 217 cm³/mol. The van der Waals surface area contributed by atoms with Crippen LogP contribution in [-0.2, 0) is 37.5 Å². The lowest BCUT2D eigenvalue weighted by atomic mass is 10.1. The number of carboxylic acids is 1. The van der Waals surface area contributed by atoms with E-state index < -0.39 is 51.1 Å². The standard InChI is InChI=1S/C42H76NO10P/c1-3-5-7-9-11-13-15-17-18-19-20-22-23-25-27-29-31-33-40(44)50-35-38(36-51-54(48,49)52-37-39(43)42(46)47)53-41(45)34-32-30-28-26-24-21-16-14-12-10-8-6-4-2/h11,13-14,16-18,38-39H,3-10,12,15,19-37,43H2,1-2H3,(H,46,47)(H,48,49)/b13-11-,16-14-,18-17-/t38-,39+/m1/s1. The van der Waals surface area contributed by atoms with Crippen LogP contribution in [0.1, 0.15) is 181 Å². The van der Waals surface area contributed by atoms with E-state index in [2.05, 4.69) is 54.8 Å². The minimum absolute atomic E-state index is 0.149. The van der Waals surface area contributed by atoms with Crippen LogP contribution in [0.25, 0.3) is 0 Å². The van der Waals surface area contributed by atoms with Crippen molar-refractivity contribution in [3.8, 4) is 0 Å². The molecule has 0 aromatic carbocycles. The van der Waals surface area contributed by atoms with Gasteiger partial charge in [0, 0.05) is 12.8 Å². The molecule has 4 N–H and O–H groups in total. The van der Waals surface area contributed by atoms with Crippen molar-refractivity contribution in [1.82, 2.24) is 0 Å². The second-order valence-corrected chi connectivity index (χ2v) is 15.6. The van der Waals surface area contributed by atoms with Gasteiger partial charge in [-0.2, -0.15) is 0 Å². The Morgan fingerprint density at radius 1 is 0.574 bits per heavy atom. The first-order valence-electron chi connectivity index (χ1n) is 21.0. The van der Waals surface area contributed by atoms with Gasteiger partial charge in [0.1, 0.15) is 12.6 Å². The lowest BCUT2D eigenvalue weighted by Crippen LogP contribution is -2.34. The number of rotatable bonds is 39. The Kier molecular flexibility index (Phi) is 36.0. The van der Waals surface area contributed by atoms with Gasteiger partial charge in [0.15, 0.2) is 6.10 Å². The fourth-order valence-electron chi connectivity index (χ4n) is 5.50. The number of aliphatic carboxylic acids is 1. The lowest BCUT2D eigenvalue weighted by molar-refractivity contribution is -0.161. The number of esters is 2. The van der Waals surface area contributed by atoms with Gasteiger partial charge in [-0.05, 0) is 70.6 Å². The van der Waals surface area contributed by atoms with Crippen molar-refractivity contribution in [3.05, 3.63) is 36.5 Å². The van der Waals surface area contributed by atoms with E-state index in [0.717, 1.165) is 70.6 Å². The number of allylic oxidation sites excluding steroid dienone is 6. The normalized spacial score (nSPS) is 14.1. The first-order chi connectivity index (χ1) is 26.1. The van der Waals surface area contributed by atoms with Gasteiger partial charge in [-0.15, -0.1) is 0 Å². The SMILES string of the molecule is CCCCC/C=C\C/C=C\CCCCCCCCCC(=O)OC[C@H](COP(=O)(O)OC[C@H](N)C(=O)O)OC(=O)CCCCCCC/C=C\CCCCCC. The molecular formula is C42H76NO10P. The Labute approximate surface area is 327 Å². The minimum Gasteiger partial charge on any atom is -0.480 e. The maximum Gasteiger partial charge on any atom is 0.472 e. The van der Waals surface area contributed by atoms with Crippen molar-refractivity contribution >= 4 is 25.7 Å². The molecule has 1 unspecified atom stereocenters. The molecular weight excluding hydrogens is 709 g/mol. The number of hydrogen-bond donors (Lipinski definition) is 3. The fourth-order valence-corrected chi connectivity index (χ4v) is 6.28. The number of carbonyl (C=O) groups is 3. The Morgan fingerprint density at radius 3 is 1.50 bits per heavy atom. The summed E-state index contributed by atoms with van der Waals surface area (Å²) in [6, 6.07) is -1.52. The van der Waals surface area contributed by atoms with E-state index in [1.54, 1.807) is 0 Å². The smallest absolute Gasteiger partial charge is 0.472 e. The van der Waals surface area contributed by atoms with Crippen LogP contribution >= 0.6 is 7.82 Å². The van der Waals surface area contributed by atoms with Gasteiger partial charge in [-0.25, -0.2) is 4.57 Å². The molecule has 12 heteroatoms. The number of carboxylic acid groups (broad SMARTS) is 1. The highest BCUT2D eigenvalue weighted by Gasteiger charge is 2.28. The molecule has 0 saturated heterocycles. The van der Waals surface area contributed by atoms with Crippen LogP contribution in [0.2, 0.25) is 0 Å². The quantitative estimate of drug-likeness (QED) is 0.0234. The zero-order valence-electron chi connectivity index (χ0n) is 33.8. The maximum atomic E-state index is 12.6. The van der Waals surface area contributed by atoms with E-state index in [9.17, 15) is 23.8 Å². The highest BCUT2D eigenvalue weighted by Crippen LogP contribution is 2.43. The highest BCUT2D eigenvalue weighted by molar-refractivity contribution is 7.47. The third kappa shape index (κ3) is 36.7. The van der Waals surface area contributed by atoms with Gasteiger partial charge < -0.3 is 25.2 Å². The first-order valence-corrected chi connectivity index (χ1v) is 22.5. The summed E-state index contributed by atoms with van der Waals surface area (Å²) < 4.78 is 32.6. The maximum absolute atomic E-state index is 12.6. The lowest BCUT2D eigenvalue weighted by Gasteiger charge is -2.20. The Bertz CT molecular complexity index is 1060. The Balaban J connectivity index is 4.39. The monoisotopic (exact) mass is 786 g/mol. The largest absolute Gasteiger partial charge is 0.480 e. The summed E-state index contributed by atoms with van der Waals surface area (Å²) in [4.78, 5) is 45.9. The summed E-state index contributed by atoms with van der Waals surface area (Å²) in [6.07, 6.45) is 39.2. The molecule has 11 nitrogen and oxygen atoms in total. The summed E-state index contributed by atoms with van der Waals surface area (Å²) in [5.41, 5.74) is 5.32. The topological polar surface area (TPSA) is 172 Å². The third-order valence-corrected chi connectivity index (χ3v) is 9.81. The zero-order valence-corrected chi connectivity index (χ0v) is 34.7. The molecule has 3 atom stereocenters. The zero-order chi connectivity index (χ0) is 40.0. The molecule has 0 aliphatic heterocycles. The summed E-state index contributed by atoms with van der Waals surface area (Å²) in [5.74, 6) is -2.40. The van der Waals surface area contributed by atoms with Gasteiger partial charge >= 0.3 is 25.7 Å². The van der Waals surface area contributed by atoms with Crippen LogP contribution in [-0.4, -0.2) is 59.9 Å². The number of hydrogen-bond acceptors (Lipinski definition) is 9. The third-order valence-electron chi connectivity index (χ3n) is 8.86. The van der Waals surface area contributed by atoms with E-state index in [-0.39, 0.29) is 19.4 Å². The molecule has 54 heavy (non-hydrogen) atoms. The number of ether oxygens (including phenoxy) is 2. The Morgan fingerprint density at radius 2 is 0.981 bits per heavy atom. The van der Waals surface area contributed by atoms with E-state index >= 15 is 0 Å². The van der Waals surface area contributed by atoms with Crippen molar-refractivity contribution in [2.75, 3.05) is 19.8 Å². The molecule has 0 bridgehead atoms. The second-order valence-electron chi connectivity index (χ2n) is 14.1. The van der Waals surface area contributed by atoms with Crippen molar-refractivity contribution in [2.45, 2.75) is 193 Å². The van der Waals surface area contributed by atoms with Gasteiger partial charge in [0.05, 0.1) is 13.2 Å². The molecule has 0 saturated carbocycles. The van der Waals surface area contributed by atoms with Crippen molar-refractivity contribution < 1.29 is 47.5 Å². The van der Waals surface area contributed by atoms with Crippen LogP contribution in [0.3, 0.4) is 0 Å². The predicted octanol–water partition coefficient (Wildman–Crippen LogP) is 10.8. The molecule has 0 aromatic heterocycles. The average molecular weight is 786 g/mol. The summed E-state index contributed by atoms with van der Waals surface area (Å²) in [7, 11) is -4.72. The summed E-state index contributed by atoms with van der Waals surface area (Å²) in [5, 5.41) is 8.87. The molecule has 314 valence electrons. The molecule has 0 rings (SSSR count). The summed E-state index contributed by atoms with van der Waals surface area (Å²) in [6.45, 7) is 2.74. The first kappa shape index (κ1) is 51.7. The molecule has 0 aliphatic rings. The molecule has 0 fully saturated rings. The second kappa shape index (κ2) is 37.6. The van der Waals surface area contributed by atoms with Gasteiger partial charge in [0.2, 0.25) is 0 Å². The molecule has 0 spiro atoms. The van der Waals surface area contributed by atoms with E-state index in [1.807, 2.05) is 0 Å². The fraction of sp³-hybridized carbons (Fsp3) is 0.786. The number of phosphoric acid groups is 1. The van der Waals surface area contributed by atoms with Crippen LogP contribution in [0.15, 0.2) is 36.5 Å². The van der Waals surface area contributed by atoms with Gasteiger partial charge in [-0.1, -0.05) is 134 Å². The van der Waals surface area contributed by atoms with Crippen molar-refractivity contribution in [3.63, 3.8) is 0 Å². The van der Waals surface area contributed by atoms with Crippen LogP contribution in [0, 0.1) is 0 Å². The van der Waals surface area contributed by atoms with Gasteiger partial charge in [0.25, 0.3) is 0 Å². The highest BCUT2D eigenvalue weighted by atomic mass is 31.2. The number of carbonyl (C=O) groups excluding carboxylic acids is 2. The van der Waals surface area contributed by atoms with Crippen molar-refractivity contribution in [2.24, 2.45) is 5.73 Å². The average Bonchev–Trinajstić information content (AvgIpc) is 3.14. The van der Waals surface area contributed by atoms with E-state index in [4.69, 9.17) is 24.8 Å². The van der Waals surface area contributed by atoms with Crippen LogP contribution in [0.4, 0.5) is 0 Å². The molecule has 0 heterocycles. The molecule has 0 aliphatic carbocycles. The van der Waals surface area contributed by atoms with E-state index in [1.165, 1.54) is 70.6 Å². The molecule has 0 amide bonds. The van der Waals surface area contributed by atoms with E-state index in [0.29, 0.717) is 12.8 Å². The molecule has 0 radical (unpaired) electrons.